The van der Waals surface area contributed by atoms with Gasteiger partial charge in [0.1, 0.15) is 23.2 Å². The van der Waals surface area contributed by atoms with Crippen molar-refractivity contribution >= 4 is 17.8 Å². The van der Waals surface area contributed by atoms with Crippen LogP contribution in [0.1, 0.15) is 65.2 Å². The normalized spacial score (nSPS) is 35.9. The van der Waals surface area contributed by atoms with Crippen molar-refractivity contribution in [3.05, 3.63) is 24.3 Å². The maximum absolute atomic E-state index is 14.0. The molecule has 1 spiro atoms. The minimum absolute atomic E-state index is 0.0909. The Labute approximate surface area is 208 Å². The van der Waals surface area contributed by atoms with E-state index >= 15 is 0 Å². The number of allylic oxidation sites excluding steroid dienone is 1. The number of hydrogen-bond donors (Lipinski definition) is 1. The van der Waals surface area contributed by atoms with Crippen LogP contribution in [0.5, 0.6) is 0 Å². The fourth-order valence-corrected chi connectivity index (χ4v) is 6.32. The van der Waals surface area contributed by atoms with Crippen LogP contribution in [-0.2, 0) is 23.9 Å². The lowest BCUT2D eigenvalue weighted by molar-refractivity contribution is -0.161. The molecule has 35 heavy (non-hydrogen) atoms. The Morgan fingerprint density at radius 1 is 1.00 bits per heavy atom. The Hall–Kier alpha value is -2.19. The van der Waals surface area contributed by atoms with E-state index in [0.717, 1.165) is 38.5 Å². The van der Waals surface area contributed by atoms with Crippen LogP contribution < -0.4 is 0 Å². The first-order chi connectivity index (χ1) is 17.0. The zero-order valence-corrected chi connectivity index (χ0v) is 21.1. The van der Waals surface area contributed by atoms with Crippen molar-refractivity contribution in [1.82, 2.24) is 9.80 Å². The van der Waals surface area contributed by atoms with Crippen LogP contribution in [0.4, 0.5) is 0 Å². The number of cyclic esters (lactones) is 1. The van der Waals surface area contributed by atoms with E-state index in [1.54, 1.807) is 9.80 Å². The predicted octanol–water partition coefficient (Wildman–Crippen LogP) is 2.60. The van der Waals surface area contributed by atoms with Crippen molar-refractivity contribution < 1.29 is 29.0 Å². The van der Waals surface area contributed by atoms with E-state index in [9.17, 15) is 19.5 Å². The van der Waals surface area contributed by atoms with E-state index in [1.165, 1.54) is 0 Å². The number of carbonyl (C=O) groups excluding carboxylic acids is 3. The topological polar surface area (TPSA) is 96.4 Å². The number of rotatable bonds is 8. The second-order valence-electron chi connectivity index (χ2n) is 10.2. The molecule has 5 atom stereocenters. The molecule has 1 N–H and O–H groups in total. The van der Waals surface area contributed by atoms with Crippen molar-refractivity contribution in [1.29, 1.82) is 0 Å². The van der Waals surface area contributed by atoms with E-state index in [4.69, 9.17) is 9.47 Å². The molecule has 2 saturated heterocycles. The number of unbranched alkanes of at least 4 members (excludes halogenated alkanes) is 2. The Kier molecular flexibility index (Phi) is 8.01. The zero-order chi connectivity index (χ0) is 25.1. The van der Waals surface area contributed by atoms with E-state index in [2.05, 4.69) is 13.0 Å². The summed E-state index contributed by atoms with van der Waals surface area (Å²) in [5.74, 6) is -2.52. The van der Waals surface area contributed by atoms with Crippen LogP contribution in [0.2, 0.25) is 0 Å². The zero-order valence-electron chi connectivity index (χ0n) is 21.1. The summed E-state index contributed by atoms with van der Waals surface area (Å²) in [4.78, 5) is 44.9. The van der Waals surface area contributed by atoms with Gasteiger partial charge < -0.3 is 24.4 Å². The maximum atomic E-state index is 14.0. The molecule has 8 heteroatoms. The van der Waals surface area contributed by atoms with Gasteiger partial charge in [0.15, 0.2) is 0 Å². The molecule has 4 rings (SSSR count). The summed E-state index contributed by atoms with van der Waals surface area (Å²) in [5, 5.41) is 9.50. The first kappa shape index (κ1) is 25.9. The van der Waals surface area contributed by atoms with Gasteiger partial charge in [-0.2, -0.15) is 0 Å². The van der Waals surface area contributed by atoms with E-state index in [0.29, 0.717) is 32.5 Å². The van der Waals surface area contributed by atoms with Gasteiger partial charge >= 0.3 is 5.97 Å². The smallest absolute Gasteiger partial charge is 0.313 e. The third-order valence-corrected chi connectivity index (χ3v) is 8.06. The monoisotopic (exact) mass is 488 g/mol. The molecule has 194 valence electrons. The van der Waals surface area contributed by atoms with Gasteiger partial charge in [-0.05, 0) is 38.5 Å². The van der Waals surface area contributed by atoms with E-state index < -0.39 is 35.0 Å². The first-order valence-electron chi connectivity index (χ1n) is 13.4. The SMILES string of the molecule is CCCCCN1CC=C[C@]23O[C@@]4(CC)/C=C\CCCCOC(=O)[C@H]4[C@H]2C(=O)N(CCCO)C3C1=O. The van der Waals surface area contributed by atoms with Crippen LogP contribution in [0, 0.1) is 11.8 Å². The molecule has 4 aliphatic rings. The van der Waals surface area contributed by atoms with Gasteiger partial charge in [0.2, 0.25) is 11.8 Å². The molecule has 2 fully saturated rings. The maximum Gasteiger partial charge on any atom is 0.313 e. The molecule has 0 aromatic carbocycles. The number of nitrogens with zero attached hydrogens (tertiary/aromatic N) is 2. The summed E-state index contributed by atoms with van der Waals surface area (Å²) in [7, 11) is 0. The summed E-state index contributed by atoms with van der Waals surface area (Å²) in [6.07, 6.45) is 14.1. The molecule has 8 nitrogen and oxygen atoms in total. The molecule has 4 heterocycles. The molecule has 0 saturated carbocycles. The lowest BCUT2D eigenvalue weighted by atomic mass is 9.73. The highest BCUT2D eigenvalue weighted by Gasteiger charge is 2.75. The number of aliphatic hydroxyl groups excluding tert-OH is 1. The molecule has 0 radical (unpaired) electrons. The average molecular weight is 489 g/mol. The number of aliphatic hydroxyl groups is 1. The van der Waals surface area contributed by atoms with Crippen LogP contribution >= 0.6 is 0 Å². The fraction of sp³-hybridized carbons (Fsp3) is 0.741. The highest BCUT2D eigenvalue weighted by atomic mass is 16.6. The predicted molar refractivity (Wildman–Crippen MR) is 130 cm³/mol. The van der Waals surface area contributed by atoms with Crippen LogP contribution in [0.15, 0.2) is 24.3 Å². The molecular weight excluding hydrogens is 448 g/mol. The highest BCUT2D eigenvalue weighted by molar-refractivity contribution is 5.99. The summed E-state index contributed by atoms with van der Waals surface area (Å²) in [5.41, 5.74) is -2.26. The number of esters is 1. The lowest BCUT2D eigenvalue weighted by Crippen LogP contribution is -2.56. The minimum atomic E-state index is -1.25. The number of likely N-dealkylation sites (tertiary alicyclic amines) is 1. The summed E-state index contributed by atoms with van der Waals surface area (Å²) in [6, 6.07) is -0.867. The van der Waals surface area contributed by atoms with Gasteiger partial charge in [-0.15, -0.1) is 0 Å². The van der Waals surface area contributed by atoms with Crippen molar-refractivity contribution in [2.45, 2.75) is 82.5 Å². The molecule has 1 unspecified atom stereocenters. The third-order valence-electron chi connectivity index (χ3n) is 8.06. The Bertz CT molecular complexity index is 872. The number of ether oxygens (including phenoxy) is 2. The van der Waals surface area contributed by atoms with Gasteiger partial charge in [-0.3, -0.25) is 14.4 Å². The number of amides is 2. The molecule has 0 bridgehead atoms. The highest BCUT2D eigenvalue weighted by Crippen LogP contribution is 2.58. The first-order valence-corrected chi connectivity index (χ1v) is 13.4. The van der Waals surface area contributed by atoms with Crippen molar-refractivity contribution in [2.75, 3.05) is 32.8 Å². The van der Waals surface area contributed by atoms with Crippen molar-refractivity contribution in [2.24, 2.45) is 11.8 Å². The second-order valence-corrected chi connectivity index (χ2v) is 10.2. The molecule has 0 aliphatic carbocycles. The van der Waals surface area contributed by atoms with Crippen LogP contribution in [-0.4, -0.2) is 82.8 Å². The quantitative estimate of drug-likeness (QED) is 0.321. The third kappa shape index (κ3) is 4.44. The molecular formula is C27H40N2O6. The Balaban J connectivity index is 1.81. The van der Waals surface area contributed by atoms with E-state index in [1.807, 2.05) is 25.2 Å². The average Bonchev–Trinajstić information content (AvgIpc) is 3.21. The van der Waals surface area contributed by atoms with Gasteiger partial charge in [0, 0.05) is 26.2 Å². The fourth-order valence-electron chi connectivity index (χ4n) is 6.32. The van der Waals surface area contributed by atoms with Crippen molar-refractivity contribution in [3.8, 4) is 0 Å². The summed E-state index contributed by atoms with van der Waals surface area (Å²) < 4.78 is 12.5. The van der Waals surface area contributed by atoms with Gasteiger partial charge in [-0.1, -0.05) is 51.0 Å². The summed E-state index contributed by atoms with van der Waals surface area (Å²) in [6.45, 7) is 5.60. The molecule has 0 aromatic rings. The minimum Gasteiger partial charge on any atom is -0.465 e. The number of fused-ring (bicyclic) bond motifs is 2. The van der Waals surface area contributed by atoms with Crippen LogP contribution in [0.3, 0.4) is 0 Å². The molecule has 0 aromatic heterocycles. The van der Waals surface area contributed by atoms with Gasteiger partial charge in [-0.25, -0.2) is 0 Å². The molecule has 2 amide bonds. The van der Waals surface area contributed by atoms with E-state index in [-0.39, 0.29) is 25.0 Å². The van der Waals surface area contributed by atoms with Crippen LogP contribution in [0.25, 0.3) is 0 Å². The summed E-state index contributed by atoms with van der Waals surface area (Å²) >= 11 is 0. The lowest BCUT2D eigenvalue weighted by Gasteiger charge is -2.38. The standard InChI is InChI=1S/C27H40N2O6/c1-3-5-9-15-28-16-11-14-27-20(23(31)29(17-12-18-30)22(27)24(28)32)21-25(33)34-19-10-7-6-8-13-26(21,4-2)35-27/h8,11,13-14,20-22,30H,3-7,9-10,12,15-19H2,1-2H3/b13-8-/t20-,21+,22?,26-,27-/m0/s1. The second kappa shape index (κ2) is 10.8. The van der Waals surface area contributed by atoms with Crippen molar-refractivity contribution in [3.63, 3.8) is 0 Å². The largest absolute Gasteiger partial charge is 0.465 e. The molecule has 4 aliphatic heterocycles. The number of hydrogen-bond acceptors (Lipinski definition) is 6. The Morgan fingerprint density at radius 3 is 2.57 bits per heavy atom. The Morgan fingerprint density at radius 2 is 1.83 bits per heavy atom. The number of carbonyl (C=O) groups is 3. The van der Waals surface area contributed by atoms with Gasteiger partial charge in [0.05, 0.1) is 12.5 Å². The van der Waals surface area contributed by atoms with Gasteiger partial charge in [0.25, 0.3) is 0 Å².